The van der Waals surface area contributed by atoms with Crippen molar-refractivity contribution >= 4 is 32.7 Å². The van der Waals surface area contributed by atoms with Gasteiger partial charge in [-0.05, 0) is 49.7 Å². The molecule has 3 aromatic rings. The summed E-state index contributed by atoms with van der Waals surface area (Å²) in [6, 6.07) is 10.7. The van der Waals surface area contributed by atoms with Gasteiger partial charge in [0.15, 0.2) is 0 Å². The molecule has 1 aliphatic heterocycles. The largest absolute Gasteiger partial charge is 0.484 e. The van der Waals surface area contributed by atoms with E-state index in [0.717, 1.165) is 11.1 Å². The van der Waals surface area contributed by atoms with Crippen molar-refractivity contribution in [2.24, 2.45) is 0 Å². The standard InChI is InChI=1S/C21H24ClN3O4S/c1-3-25-19-7-5-16(30(26,27)24-8-10-28-11-9-24)13-18(19)23-21(25)14-29-20-12-15(2)4-6-17(20)22/h4-7,12-13H,3,8-11,14H2,1-2H3. The van der Waals surface area contributed by atoms with Crippen LogP contribution in [0.2, 0.25) is 5.02 Å². The summed E-state index contributed by atoms with van der Waals surface area (Å²) in [6.07, 6.45) is 0. The minimum absolute atomic E-state index is 0.233. The lowest BCUT2D eigenvalue weighted by atomic mass is 10.2. The predicted molar refractivity (Wildman–Crippen MR) is 116 cm³/mol. The number of aryl methyl sites for hydroxylation is 2. The zero-order valence-corrected chi connectivity index (χ0v) is 18.5. The monoisotopic (exact) mass is 449 g/mol. The van der Waals surface area contributed by atoms with Crippen molar-refractivity contribution in [1.82, 2.24) is 13.9 Å². The first kappa shape index (κ1) is 21.1. The number of morpholine rings is 1. The molecule has 0 unspecified atom stereocenters. The summed E-state index contributed by atoms with van der Waals surface area (Å²) in [7, 11) is -3.57. The van der Waals surface area contributed by atoms with Crippen LogP contribution in [0.25, 0.3) is 11.0 Å². The Hall–Kier alpha value is -2.13. The van der Waals surface area contributed by atoms with Gasteiger partial charge in [-0.25, -0.2) is 13.4 Å². The molecule has 1 fully saturated rings. The quantitative estimate of drug-likeness (QED) is 0.574. The summed E-state index contributed by atoms with van der Waals surface area (Å²) >= 11 is 6.23. The van der Waals surface area contributed by atoms with E-state index in [9.17, 15) is 8.42 Å². The molecule has 0 bridgehead atoms. The van der Waals surface area contributed by atoms with Gasteiger partial charge in [0.05, 0.1) is 34.2 Å². The van der Waals surface area contributed by atoms with Gasteiger partial charge in [0, 0.05) is 19.6 Å². The van der Waals surface area contributed by atoms with Crippen LogP contribution in [0.5, 0.6) is 5.75 Å². The Labute approximate surface area is 181 Å². The lowest BCUT2D eigenvalue weighted by Crippen LogP contribution is -2.40. The molecule has 30 heavy (non-hydrogen) atoms. The molecular formula is C21H24ClN3O4S. The highest BCUT2D eigenvalue weighted by molar-refractivity contribution is 7.89. The summed E-state index contributed by atoms with van der Waals surface area (Å²) in [6.45, 7) is 6.46. The van der Waals surface area contributed by atoms with E-state index >= 15 is 0 Å². The molecule has 160 valence electrons. The fourth-order valence-electron chi connectivity index (χ4n) is 3.58. The van der Waals surface area contributed by atoms with Crippen molar-refractivity contribution in [2.75, 3.05) is 26.3 Å². The van der Waals surface area contributed by atoms with Crippen LogP contribution >= 0.6 is 11.6 Å². The Balaban J connectivity index is 1.64. The van der Waals surface area contributed by atoms with Crippen molar-refractivity contribution in [3.05, 3.63) is 52.8 Å². The Kier molecular flexibility index (Phi) is 6.02. The lowest BCUT2D eigenvalue weighted by molar-refractivity contribution is 0.0730. The third-order valence-electron chi connectivity index (χ3n) is 5.17. The highest BCUT2D eigenvalue weighted by Crippen LogP contribution is 2.27. The maximum absolute atomic E-state index is 13.0. The summed E-state index contributed by atoms with van der Waals surface area (Å²) in [5, 5.41) is 0.540. The molecule has 0 radical (unpaired) electrons. The number of hydrogen-bond donors (Lipinski definition) is 0. The van der Waals surface area contributed by atoms with Crippen LogP contribution < -0.4 is 4.74 Å². The summed E-state index contributed by atoms with van der Waals surface area (Å²) in [4.78, 5) is 4.90. The molecule has 1 aromatic heterocycles. The second kappa shape index (κ2) is 8.55. The molecule has 1 saturated heterocycles. The number of rotatable bonds is 6. The van der Waals surface area contributed by atoms with Gasteiger partial charge in [-0.1, -0.05) is 17.7 Å². The minimum atomic E-state index is -3.57. The van der Waals surface area contributed by atoms with Crippen LogP contribution in [-0.4, -0.2) is 48.6 Å². The third-order valence-corrected chi connectivity index (χ3v) is 7.37. The zero-order valence-electron chi connectivity index (χ0n) is 17.0. The second-order valence-electron chi connectivity index (χ2n) is 7.16. The van der Waals surface area contributed by atoms with E-state index in [0.29, 0.717) is 55.0 Å². The first-order valence-electron chi connectivity index (χ1n) is 9.86. The number of benzene rings is 2. The van der Waals surface area contributed by atoms with Gasteiger partial charge < -0.3 is 14.0 Å². The topological polar surface area (TPSA) is 73.7 Å². The van der Waals surface area contributed by atoms with Gasteiger partial charge in [-0.3, -0.25) is 0 Å². The van der Waals surface area contributed by atoms with E-state index in [-0.39, 0.29) is 11.5 Å². The Morgan fingerprint density at radius 2 is 1.93 bits per heavy atom. The van der Waals surface area contributed by atoms with Crippen LogP contribution in [0, 0.1) is 6.92 Å². The fourth-order valence-corrected chi connectivity index (χ4v) is 5.18. The molecule has 1 aliphatic rings. The molecule has 0 N–H and O–H groups in total. The van der Waals surface area contributed by atoms with Crippen LogP contribution in [0.4, 0.5) is 0 Å². The van der Waals surface area contributed by atoms with Gasteiger partial charge in [-0.2, -0.15) is 4.31 Å². The summed E-state index contributed by atoms with van der Waals surface area (Å²) < 4.78 is 40.6. The number of aromatic nitrogens is 2. The SMILES string of the molecule is CCn1c(COc2cc(C)ccc2Cl)nc2cc(S(=O)(=O)N3CCOCC3)ccc21. The van der Waals surface area contributed by atoms with E-state index in [1.54, 1.807) is 18.2 Å². The molecular weight excluding hydrogens is 426 g/mol. The third kappa shape index (κ3) is 4.05. The number of hydrogen-bond acceptors (Lipinski definition) is 5. The van der Waals surface area contributed by atoms with Gasteiger partial charge >= 0.3 is 0 Å². The number of sulfonamides is 1. The maximum Gasteiger partial charge on any atom is 0.243 e. The van der Waals surface area contributed by atoms with Gasteiger partial charge in [0.2, 0.25) is 10.0 Å². The van der Waals surface area contributed by atoms with Crippen molar-refractivity contribution < 1.29 is 17.9 Å². The molecule has 9 heteroatoms. The number of halogens is 1. The Morgan fingerprint density at radius 1 is 1.17 bits per heavy atom. The maximum atomic E-state index is 13.0. The van der Waals surface area contributed by atoms with E-state index in [2.05, 4.69) is 4.98 Å². The second-order valence-corrected chi connectivity index (χ2v) is 9.51. The van der Waals surface area contributed by atoms with Crippen molar-refractivity contribution in [1.29, 1.82) is 0 Å². The van der Waals surface area contributed by atoms with E-state index < -0.39 is 10.0 Å². The molecule has 2 heterocycles. The first-order chi connectivity index (χ1) is 14.4. The summed E-state index contributed by atoms with van der Waals surface area (Å²) in [5.74, 6) is 1.31. The van der Waals surface area contributed by atoms with Crippen LogP contribution in [0.1, 0.15) is 18.3 Å². The normalized spacial score (nSPS) is 15.6. The highest BCUT2D eigenvalue weighted by Gasteiger charge is 2.27. The van der Waals surface area contributed by atoms with Gasteiger partial charge in [0.1, 0.15) is 18.2 Å². The molecule has 0 spiro atoms. The smallest absolute Gasteiger partial charge is 0.243 e. The van der Waals surface area contributed by atoms with Crippen LogP contribution in [0.3, 0.4) is 0 Å². The zero-order chi connectivity index (χ0) is 21.3. The van der Waals surface area contributed by atoms with Crippen molar-refractivity contribution in [3.63, 3.8) is 0 Å². The van der Waals surface area contributed by atoms with Crippen LogP contribution in [-0.2, 0) is 27.9 Å². The molecule has 0 aliphatic carbocycles. The number of imidazole rings is 1. The first-order valence-corrected chi connectivity index (χ1v) is 11.7. The average Bonchev–Trinajstić information content (AvgIpc) is 3.11. The van der Waals surface area contributed by atoms with E-state index in [4.69, 9.17) is 21.1 Å². The molecule has 7 nitrogen and oxygen atoms in total. The summed E-state index contributed by atoms with van der Waals surface area (Å²) in [5.41, 5.74) is 2.55. The molecule has 0 saturated carbocycles. The molecule has 0 amide bonds. The number of nitrogens with zero attached hydrogens (tertiary/aromatic N) is 3. The lowest BCUT2D eigenvalue weighted by Gasteiger charge is -2.26. The van der Waals surface area contributed by atoms with Crippen LogP contribution in [0.15, 0.2) is 41.3 Å². The van der Waals surface area contributed by atoms with E-state index in [1.165, 1.54) is 4.31 Å². The molecule has 2 aromatic carbocycles. The number of fused-ring (bicyclic) bond motifs is 1. The average molecular weight is 450 g/mol. The van der Waals surface area contributed by atoms with Gasteiger partial charge in [0.25, 0.3) is 0 Å². The fraction of sp³-hybridized carbons (Fsp3) is 0.381. The number of ether oxygens (including phenoxy) is 2. The van der Waals surface area contributed by atoms with Gasteiger partial charge in [-0.15, -0.1) is 0 Å². The molecule has 0 atom stereocenters. The van der Waals surface area contributed by atoms with Crippen molar-refractivity contribution in [3.8, 4) is 5.75 Å². The Morgan fingerprint density at radius 3 is 2.67 bits per heavy atom. The highest BCUT2D eigenvalue weighted by atomic mass is 35.5. The Bertz CT molecular complexity index is 1170. The predicted octanol–water partition coefficient (Wildman–Crippen LogP) is 3.62. The van der Waals surface area contributed by atoms with Crippen molar-refractivity contribution in [2.45, 2.75) is 31.9 Å². The van der Waals surface area contributed by atoms with E-state index in [1.807, 2.05) is 36.6 Å². The minimum Gasteiger partial charge on any atom is -0.484 e. The molecule has 4 rings (SSSR count).